The normalized spacial score (nSPS) is 13.6. The molecule has 2 aromatic carbocycles. The van der Waals surface area contributed by atoms with Gasteiger partial charge in [-0.15, -0.1) is 0 Å². The van der Waals surface area contributed by atoms with Crippen LogP contribution in [0, 0.1) is 0 Å². The number of hydrogen-bond acceptors (Lipinski definition) is 5. The highest BCUT2D eigenvalue weighted by Gasteiger charge is 2.15. The van der Waals surface area contributed by atoms with Crippen LogP contribution in [0.15, 0.2) is 54.6 Å². The van der Waals surface area contributed by atoms with E-state index in [0.717, 1.165) is 37.9 Å². The zero-order valence-electron chi connectivity index (χ0n) is 17.3. The number of methoxy groups -OCH3 is 1. The number of carbonyl (C=O) groups is 1. The summed E-state index contributed by atoms with van der Waals surface area (Å²) in [6, 6.07) is 18.0. The molecule has 0 aliphatic carbocycles. The van der Waals surface area contributed by atoms with Gasteiger partial charge in [-0.2, -0.15) is 0 Å². The number of aromatic nitrogens is 1. The molecule has 0 spiro atoms. The van der Waals surface area contributed by atoms with Gasteiger partial charge in [0.25, 0.3) is 5.91 Å². The third-order valence-electron chi connectivity index (χ3n) is 5.41. The number of para-hydroxylation sites is 1. The molecule has 0 atom stereocenters. The summed E-state index contributed by atoms with van der Waals surface area (Å²) < 4.78 is 10.9. The third-order valence-corrected chi connectivity index (χ3v) is 5.41. The summed E-state index contributed by atoms with van der Waals surface area (Å²) in [7, 11) is 1.58. The Labute approximate surface area is 176 Å². The molecular weight excluding hydrogens is 378 g/mol. The van der Waals surface area contributed by atoms with Crippen LogP contribution in [-0.4, -0.2) is 49.1 Å². The van der Waals surface area contributed by atoms with E-state index in [1.165, 1.54) is 11.1 Å². The minimum atomic E-state index is -0.126. The molecule has 3 aromatic rings. The number of rotatable bonds is 8. The van der Waals surface area contributed by atoms with Crippen molar-refractivity contribution in [1.29, 1.82) is 0 Å². The van der Waals surface area contributed by atoms with Crippen molar-refractivity contribution in [3.63, 3.8) is 0 Å². The van der Waals surface area contributed by atoms with Crippen LogP contribution >= 0.6 is 0 Å². The van der Waals surface area contributed by atoms with Crippen molar-refractivity contribution >= 4 is 16.8 Å². The molecule has 1 aliphatic rings. The maximum absolute atomic E-state index is 12.2. The van der Waals surface area contributed by atoms with Crippen LogP contribution < -0.4 is 14.8 Å². The predicted molar refractivity (Wildman–Crippen MR) is 117 cm³/mol. The van der Waals surface area contributed by atoms with Crippen molar-refractivity contribution < 1.29 is 14.3 Å². The minimum Gasteiger partial charge on any atom is -0.481 e. The fraction of sp³-hybridized carbons (Fsp3) is 0.333. The van der Waals surface area contributed by atoms with E-state index in [4.69, 9.17) is 9.47 Å². The van der Waals surface area contributed by atoms with Gasteiger partial charge in [0.1, 0.15) is 11.3 Å². The molecule has 1 amide bonds. The van der Waals surface area contributed by atoms with Gasteiger partial charge in [0.05, 0.1) is 7.11 Å². The largest absolute Gasteiger partial charge is 0.481 e. The summed E-state index contributed by atoms with van der Waals surface area (Å²) in [6.07, 6.45) is 2.02. The number of amides is 1. The first kappa shape index (κ1) is 20.2. The lowest BCUT2D eigenvalue weighted by molar-refractivity contribution is -0.123. The van der Waals surface area contributed by atoms with Crippen molar-refractivity contribution in [3.05, 3.63) is 65.7 Å². The number of carbonyl (C=O) groups excluding carboxylic acids is 1. The topological polar surface area (TPSA) is 63.7 Å². The lowest BCUT2D eigenvalue weighted by atomic mass is 10.00. The number of nitrogens with one attached hydrogen (secondary N) is 1. The second kappa shape index (κ2) is 9.59. The molecule has 4 rings (SSSR count). The van der Waals surface area contributed by atoms with Crippen LogP contribution in [0.25, 0.3) is 10.9 Å². The molecule has 0 fully saturated rings. The highest BCUT2D eigenvalue weighted by molar-refractivity contribution is 5.85. The van der Waals surface area contributed by atoms with Gasteiger partial charge in [-0.05, 0) is 36.1 Å². The molecular formula is C24H27N3O3. The first-order chi connectivity index (χ1) is 14.7. The lowest BCUT2D eigenvalue weighted by Crippen LogP contribution is -2.35. The summed E-state index contributed by atoms with van der Waals surface area (Å²) in [4.78, 5) is 19.1. The van der Waals surface area contributed by atoms with Gasteiger partial charge in [0.2, 0.25) is 5.88 Å². The maximum atomic E-state index is 12.2. The minimum absolute atomic E-state index is 0.0326. The van der Waals surface area contributed by atoms with Gasteiger partial charge in [-0.3, -0.25) is 9.69 Å². The highest BCUT2D eigenvalue weighted by Crippen LogP contribution is 2.25. The molecule has 6 heteroatoms. The smallest absolute Gasteiger partial charge is 0.257 e. The van der Waals surface area contributed by atoms with Crippen molar-refractivity contribution in [2.24, 2.45) is 0 Å². The maximum Gasteiger partial charge on any atom is 0.257 e. The van der Waals surface area contributed by atoms with Crippen LogP contribution in [0.1, 0.15) is 17.5 Å². The Morgan fingerprint density at radius 3 is 2.83 bits per heavy atom. The molecule has 30 heavy (non-hydrogen) atoms. The Bertz CT molecular complexity index is 1020. The molecule has 1 aliphatic heterocycles. The van der Waals surface area contributed by atoms with Crippen LogP contribution in [-0.2, 0) is 17.8 Å². The molecule has 156 valence electrons. The predicted octanol–water partition coefficient (Wildman–Crippen LogP) is 3.19. The van der Waals surface area contributed by atoms with E-state index < -0.39 is 0 Å². The van der Waals surface area contributed by atoms with Crippen LogP contribution in [0.5, 0.6) is 11.6 Å². The Morgan fingerprint density at radius 1 is 1.10 bits per heavy atom. The van der Waals surface area contributed by atoms with Crippen LogP contribution in [0.2, 0.25) is 0 Å². The number of benzene rings is 2. The SMILES string of the molecule is COc1ccc2cccc(OCC(=O)NCCCN3CCc4ccccc4C3)c2n1. The number of nitrogens with zero attached hydrogens (tertiary/aromatic N) is 2. The highest BCUT2D eigenvalue weighted by atomic mass is 16.5. The van der Waals surface area contributed by atoms with Gasteiger partial charge in [-0.1, -0.05) is 36.4 Å². The Morgan fingerprint density at radius 2 is 1.97 bits per heavy atom. The fourth-order valence-electron chi connectivity index (χ4n) is 3.80. The molecule has 2 heterocycles. The molecule has 6 nitrogen and oxygen atoms in total. The average molecular weight is 405 g/mol. The lowest BCUT2D eigenvalue weighted by Gasteiger charge is -2.28. The molecule has 0 saturated heterocycles. The van der Waals surface area contributed by atoms with Crippen molar-refractivity contribution in [1.82, 2.24) is 15.2 Å². The Hall–Kier alpha value is -3.12. The van der Waals surface area contributed by atoms with Gasteiger partial charge in [0, 0.05) is 37.6 Å². The standard InChI is InChI=1S/C24H27N3O3/c1-29-23-11-10-19-8-4-9-21(24(19)26-23)30-17-22(28)25-13-5-14-27-15-12-18-6-2-3-7-20(18)16-27/h2-4,6-11H,5,12-17H2,1H3,(H,25,28). The molecule has 0 bridgehead atoms. The van der Waals surface area contributed by atoms with E-state index in [2.05, 4.69) is 39.5 Å². The summed E-state index contributed by atoms with van der Waals surface area (Å²) in [5.74, 6) is 0.968. The summed E-state index contributed by atoms with van der Waals surface area (Å²) in [6.45, 7) is 3.65. The van der Waals surface area contributed by atoms with E-state index in [1.54, 1.807) is 13.2 Å². The monoisotopic (exact) mass is 405 g/mol. The summed E-state index contributed by atoms with van der Waals surface area (Å²) in [5.41, 5.74) is 3.57. The molecule has 0 radical (unpaired) electrons. The number of fused-ring (bicyclic) bond motifs is 2. The zero-order valence-corrected chi connectivity index (χ0v) is 17.3. The van der Waals surface area contributed by atoms with Crippen molar-refractivity contribution in [2.75, 3.05) is 33.4 Å². The Kier molecular flexibility index (Phi) is 6.44. The fourth-order valence-corrected chi connectivity index (χ4v) is 3.80. The van der Waals surface area contributed by atoms with Gasteiger partial charge in [0.15, 0.2) is 6.61 Å². The number of pyridine rings is 1. The quantitative estimate of drug-likeness (QED) is 0.583. The van der Waals surface area contributed by atoms with Crippen molar-refractivity contribution in [2.45, 2.75) is 19.4 Å². The summed E-state index contributed by atoms with van der Waals surface area (Å²) in [5, 5.41) is 3.89. The average Bonchev–Trinajstić information content (AvgIpc) is 2.80. The first-order valence-corrected chi connectivity index (χ1v) is 10.4. The van der Waals surface area contributed by atoms with Crippen LogP contribution in [0.4, 0.5) is 0 Å². The van der Waals surface area contributed by atoms with Gasteiger partial charge in [-0.25, -0.2) is 4.98 Å². The van der Waals surface area contributed by atoms with E-state index in [1.807, 2.05) is 24.3 Å². The van der Waals surface area contributed by atoms with E-state index >= 15 is 0 Å². The Balaban J connectivity index is 1.21. The first-order valence-electron chi connectivity index (χ1n) is 10.4. The second-order valence-electron chi connectivity index (χ2n) is 7.47. The molecule has 0 unspecified atom stereocenters. The molecule has 0 saturated carbocycles. The third kappa shape index (κ3) is 4.89. The van der Waals surface area contributed by atoms with E-state index in [-0.39, 0.29) is 12.5 Å². The molecule has 1 N–H and O–H groups in total. The van der Waals surface area contributed by atoms with E-state index in [0.29, 0.717) is 23.7 Å². The number of ether oxygens (including phenoxy) is 2. The van der Waals surface area contributed by atoms with Gasteiger partial charge >= 0.3 is 0 Å². The van der Waals surface area contributed by atoms with Gasteiger partial charge < -0.3 is 14.8 Å². The van der Waals surface area contributed by atoms with Crippen molar-refractivity contribution in [3.8, 4) is 11.6 Å². The summed E-state index contributed by atoms with van der Waals surface area (Å²) >= 11 is 0. The number of hydrogen-bond donors (Lipinski definition) is 1. The second-order valence-corrected chi connectivity index (χ2v) is 7.47. The zero-order chi connectivity index (χ0) is 20.8. The molecule has 1 aromatic heterocycles. The van der Waals surface area contributed by atoms with Crippen LogP contribution in [0.3, 0.4) is 0 Å². The van der Waals surface area contributed by atoms with E-state index in [9.17, 15) is 4.79 Å².